The fourth-order valence-corrected chi connectivity index (χ4v) is 1.97. The first-order chi connectivity index (χ1) is 8.58. The summed E-state index contributed by atoms with van der Waals surface area (Å²) in [5.41, 5.74) is 6.18. The van der Waals surface area contributed by atoms with Crippen molar-refractivity contribution in [1.29, 1.82) is 0 Å². The lowest BCUT2D eigenvalue weighted by molar-refractivity contribution is 0.462. The number of hydrogen-bond donors (Lipinski definition) is 1. The maximum atomic E-state index is 6.04. The Labute approximate surface area is 123 Å². The number of pyridine rings is 1. The molecule has 3 nitrogen and oxygen atoms in total. The highest BCUT2D eigenvalue weighted by molar-refractivity contribution is 9.10. The largest absolute Gasteiger partial charge is 0.437 e. The molecule has 0 aliphatic carbocycles. The Hall–Kier alpha value is -1.17. The quantitative estimate of drug-likeness (QED) is 0.858. The molecule has 0 saturated heterocycles. The number of ether oxygens (including phenoxy) is 1. The fraction of sp³-hybridized carbons (Fsp3) is 0. The monoisotopic (exact) mass is 342 g/mol. The molecule has 1 aromatic heterocycles. The molecule has 1 aromatic carbocycles. The average Bonchev–Trinajstić information content (AvgIpc) is 2.34. The first-order valence-corrected chi connectivity index (χ1v) is 6.53. The topological polar surface area (TPSA) is 48.1 Å². The minimum absolute atomic E-state index is 0.226. The molecular formula is C12H8BrClN2OS. The smallest absolute Gasteiger partial charge is 0.229 e. The van der Waals surface area contributed by atoms with Gasteiger partial charge in [-0.3, -0.25) is 0 Å². The molecule has 2 N–H and O–H groups in total. The van der Waals surface area contributed by atoms with Crippen LogP contribution in [0.4, 0.5) is 0 Å². The summed E-state index contributed by atoms with van der Waals surface area (Å²) in [5.74, 6) is 0.826. The highest BCUT2D eigenvalue weighted by atomic mass is 79.9. The first-order valence-electron chi connectivity index (χ1n) is 4.95. The lowest BCUT2D eigenvalue weighted by Gasteiger charge is -2.10. The summed E-state index contributed by atoms with van der Waals surface area (Å²) in [4.78, 5) is 4.33. The number of rotatable bonds is 3. The van der Waals surface area contributed by atoms with Crippen LogP contribution in [0.3, 0.4) is 0 Å². The molecule has 0 saturated carbocycles. The van der Waals surface area contributed by atoms with E-state index in [1.54, 1.807) is 30.5 Å². The van der Waals surface area contributed by atoms with Gasteiger partial charge in [0.25, 0.3) is 0 Å². The molecule has 0 spiro atoms. The normalized spacial score (nSPS) is 10.1. The molecule has 6 heteroatoms. The molecular weight excluding hydrogens is 336 g/mol. The predicted molar refractivity (Wildman–Crippen MR) is 79.4 cm³/mol. The van der Waals surface area contributed by atoms with Gasteiger partial charge in [0.2, 0.25) is 5.88 Å². The summed E-state index contributed by atoms with van der Waals surface area (Å²) in [6.07, 6.45) is 1.60. The summed E-state index contributed by atoms with van der Waals surface area (Å²) in [6.45, 7) is 0. The van der Waals surface area contributed by atoms with Crippen molar-refractivity contribution in [3.8, 4) is 11.6 Å². The molecule has 18 heavy (non-hydrogen) atoms. The Bertz CT molecular complexity index is 606. The average molecular weight is 344 g/mol. The zero-order chi connectivity index (χ0) is 13.1. The molecule has 0 bridgehead atoms. The Morgan fingerprint density at radius 3 is 2.89 bits per heavy atom. The second-order valence-electron chi connectivity index (χ2n) is 3.40. The van der Waals surface area contributed by atoms with E-state index >= 15 is 0 Å². The second kappa shape index (κ2) is 5.65. The molecule has 0 unspecified atom stereocenters. The Kier molecular flexibility index (Phi) is 4.16. The van der Waals surface area contributed by atoms with Crippen LogP contribution in [0, 0.1) is 0 Å². The minimum Gasteiger partial charge on any atom is -0.437 e. The molecule has 0 atom stereocenters. The number of halogens is 2. The zero-order valence-corrected chi connectivity index (χ0v) is 12.2. The third-order valence-corrected chi connectivity index (χ3v) is 3.16. The van der Waals surface area contributed by atoms with Gasteiger partial charge in [0.1, 0.15) is 10.7 Å². The molecule has 0 aliphatic rings. The maximum Gasteiger partial charge on any atom is 0.229 e. The van der Waals surface area contributed by atoms with Crippen LogP contribution in [0.15, 0.2) is 41.0 Å². The van der Waals surface area contributed by atoms with Crippen LogP contribution >= 0.6 is 39.7 Å². The van der Waals surface area contributed by atoms with Crippen molar-refractivity contribution in [2.24, 2.45) is 5.73 Å². The van der Waals surface area contributed by atoms with Gasteiger partial charge >= 0.3 is 0 Å². The van der Waals surface area contributed by atoms with Crippen LogP contribution in [-0.4, -0.2) is 9.97 Å². The second-order valence-corrected chi connectivity index (χ2v) is 5.16. The molecule has 92 valence electrons. The third kappa shape index (κ3) is 2.98. The van der Waals surface area contributed by atoms with Crippen LogP contribution in [-0.2, 0) is 0 Å². The van der Waals surface area contributed by atoms with E-state index in [0.29, 0.717) is 22.2 Å². The van der Waals surface area contributed by atoms with E-state index in [0.717, 1.165) is 4.47 Å². The van der Waals surface area contributed by atoms with Crippen LogP contribution in [0.1, 0.15) is 5.56 Å². The van der Waals surface area contributed by atoms with Gasteiger partial charge in [0, 0.05) is 10.7 Å². The summed E-state index contributed by atoms with van der Waals surface area (Å²) in [6, 6.07) is 8.78. The summed E-state index contributed by atoms with van der Waals surface area (Å²) in [7, 11) is 0. The van der Waals surface area contributed by atoms with Crippen molar-refractivity contribution in [2.45, 2.75) is 0 Å². The van der Waals surface area contributed by atoms with E-state index in [-0.39, 0.29) is 4.99 Å². The molecule has 0 aliphatic heterocycles. The lowest BCUT2D eigenvalue weighted by atomic mass is 10.2. The van der Waals surface area contributed by atoms with Gasteiger partial charge in [0.05, 0.1) is 10.6 Å². The zero-order valence-electron chi connectivity index (χ0n) is 9.06. The van der Waals surface area contributed by atoms with Crippen molar-refractivity contribution in [3.05, 3.63) is 51.6 Å². The van der Waals surface area contributed by atoms with Crippen LogP contribution in [0.5, 0.6) is 11.6 Å². The van der Waals surface area contributed by atoms with E-state index < -0.39 is 0 Å². The number of aromatic nitrogens is 1. The Morgan fingerprint density at radius 1 is 1.39 bits per heavy atom. The van der Waals surface area contributed by atoms with E-state index in [1.165, 1.54) is 0 Å². The fourth-order valence-electron chi connectivity index (χ4n) is 1.32. The number of hydrogen-bond acceptors (Lipinski definition) is 3. The summed E-state index contributed by atoms with van der Waals surface area (Å²) in [5, 5.41) is 0.484. The standard InChI is InChI=1S/C12H8BrClN2OS/c13-7-3-4-9(14)10(6-7)17-12-8(11(15)18)2-1-5-16-12/h1-6H,(H2,15,18). The van der Waals surface area contributed by atoms with Crippen LogP contribution < -0.4 is 10.5 Å². The minimum atomic E-state index is 0.226. The van der Waals surface area contributed by atoms with Gasteiger partial charge in [-0.1, -0.05) is 39.7 Å². The molecule has 0 fully saturated rings. The van der Waals surface area contributed by atoms with Crippen molar-refractivity contribution >= 4 is 44.7 Å². The number of nitrogens with zero attached hydrogens (tertiary/aromatic N) is 1. The molecule has 1 heterocycles. The highest BCUT2D eigenvalue weighted by Crippen LogP contribution is 2.32. The van der Waals surface area contributed by atoms with Gasteiger partial charge < -0.3 is 10.5 Å². The van der Waals surface area contributed by atoms with Gasteiger partial charge in [-0.25, -0.2) is 4.98 Å². The van der Waals surface area contributed by atoms with Gasteiger partial charge in [-0.15, -0.1) is 0 Å². The van der Waals surface area contributed by atoms with Crippen molar-refractivity contribution in [3.63, 3.8) is 0 Å². The lowest BCUT2D eigenvalue weighted by Crippen LogP contribution is -2.11. The number of nitrogens with two attached hydrogens (primary N) is 1. The van der Waals surface area contributed by atoms with E-state index in [4.69, 9.17) is 34.3 Å². The van der Waals surface area contributed by atoms with Gasteiger partial charge in [-0.2, -0.15) is 0 Å². The van der Waals surface area contributed by atoms with E-state index in [1.807, 2.05) is 6.07 Å². The molecule has 2 rings (SSSR count). The van der Waals surface area contributed by atoms with Crippen molar-refractivity contribution < 1.29 is 4.74 Å². The number of thiocarbonyl (C=S) groups is 1. The molecule has 0 radical (unpaired) electrons. The molecule has 2 aromatic rings. The van der Waals surface area contributed by atoms with E-state index in [9.17, 15) is 0 Å². The van der Waals surface area contributed by atoms with Crippen molar-refractivity contribution in [2.75, 3.05) is 0 Å². The van der Waals surface area contributed by atoms with Crippen LogP contribution in [0.2, 0.25) is 5.02 Å². The van der Waals surface area contributed by atoms with Crippen LogP contribution in [0.25, 0.3) is 0 Å². The number of benzene rings is 1. The first kappa shape index (κ1) is 13.3. The maximum absolute atomic E-state index is 6.04. The van der Waals surface area contributed by atoms with Gasteiger partial charge in [0.15, 0.2) is 0 Å². The summed E-state index contributed by atoms with van der Waals surface area (Å²) < 4.78 is 6.50. The molecule has 0 amide bonds. The Balaban J connectivity index is 2.40. The highest BCUT2D eigenvalue weighted by Gasteiger charge is 2.10. The predicted octanol–water partition coefficient (Wildman–Crippen LogP) is 3.92. The summed E-state index contributed by atoms with van der Waals surface area (Å²) >= 11 is 14.3. The SMILES string of the molecule is NC(=S)c1cccnc1Oc1cc(Br)ccc1Cl. The van der Waals surface area contributed by atoms with E-state index in [2.05, 4.69) is 20.9 Å². The van der Waals surface area contributed by atoms with Gasteiger partial charge in [-0.05, 0) is 30.3 Å². The third-order valence-electron chi connectivity index (χ3n) is 2.14. The Morgan fingerprint density at radius 2 is 2.17 bits per heavy atom. The van der Waals surface area contributed by atoms with Crippen molar-refractivity contribution in [1.82, 2.24) is 4.98 Å².